The molecule has 0 N–H and O–H groups in total. The van der Waals surface area contributed by atoms with Crippen LogP contribution in [0.5, 0.6) is 0 Å². The summed E-state index contributed by atoms with van der Waals surface area (Å²) in [4.78, 5) is 11.3. The van der Waals surface area contributed by atoms with Crippen LogP contribution in [0.1, 0.15) is 39.5 Å². The minimum Gasteiger partial charge on any atom is -0.427 e. The van der Waals surface area contributed by atoms with E-state index in [9.17, 15) is 4.79 Å². The lowest BCUT2D eigenvalue weighted by Crippen LogP contribution is -2.31. The summed E-state index contributed by atoms with van der Waals surface area (Å²) in [6.07, 6.45) is 6.46. The maximum absolute atomic E-state index is 11.3. The van der Waals surface area contributed by atoms with Crippen molar-refractivity contribution < 1.29 is 14.3 Å². The van der Waals surface area contributed by atoms with Gasteiger partial charge in [0.2, 0.25) is 0 Å². The number of hydrogen-bond acceptors (Lipinski definition) is 3. The quantitative estimate of drug-likeness (QED) is 0.517. The van der Waals surface area contributed by atoms with Crippen LogP contribution in [0, 0.1) is 17.8 Å². The van der Waals surface area contributed by atoms with Crippen molar-refractivity contribution in [3.05, 3.63) is 11.6 Å². The lowest BCUT2D eigenvalue weighted by atomic mass is 9.90. The zero-order valence-electron chi connectivity index (χ0n) is 10.5. The summed E-state index contributed by atoms with van der Waals surface area (Å²) in [5.74, 6) is 1.62. The van der Waals surface area contributed by atoms with E-state index < -0.39 is 6.16 Å². The van der Waals surface area contributed by atoms with Crippen LogP contribution in [0.2, 0.25) is 0 Å². The van der Waals surface area contributed by atoms with Crippen molar-refractivity contribution in [3.63, 3.8) is 0 Å². The van der Waals surface area contributed by atoms with E-state index in [2.05, 4.69) is 19.9 Å². The molecule has 3 nitrogen and oxygen atoms in total. The van der Waals surface area contributed by atoms with Gasteiger partial charge < -0.3 is 9.47 Å². The average molecular weight is 236 g/mol. The van der Waals surface area contributed by atoms with Crippen molar-refractivity contribution in [2.45, 2.75) is 51.7 Å². The Morgan fingerprint density at radius 2 is 2.12 bits per heavy atom. The van der Waals surface area contributed by atoms with Crippen molar-refractivity contribution in [3.8, 4) is 0 Å². The molecule has 1 heterocycles. The van der Waals surface area contributed by atoms with E-state index in [1.54, 1.807) is 0 Å². The molecule has 3 heteroatoms. The summed E-state index contributed by atoms with van der Waals surface area (Å²) < 4.78 is 10.7. The zero-order valence-corrected chi connectivity index (χ0v) is 10.5. The molecule has 17 heavy (non-hydrogen) atoms. The van der Waals surface area contributed by atoms with E-state index >= 15 is 0 Å². The van der Waals surface area contributed by atoms with Crippen LogP contribution in [0.3, 0.4) is 0 Å². The van der Waals surface area contributed by atoms with E-state index in [1.807, 2.05) is 0 Å². The number of hydrogen-bond donors (Lipinski definition) is 0. The first-order valence-corrected chi connectivity index (χ1v) is 6.73. The largest absolute Gasteiger partial charge is 0.509 e. The molecule has 0 aromatic heterocycles. The molecular formula is C14H20O3. The van der Waals surface area contributed by atoms with E-state index in [0.717, 1.165) is 6.42 Å². The molecule has 2 aliphatic carbocycles. The van der Waals surface area contributed by atoms with Gasteiger partial charge in [0.05, 0.1) is 0 Å². The summed E-state index contributed by atoms with van der Waals surface area (Å²) in [6.45, 7) is 4.43. The Morgan fingerprint density at radius 1 is 1.29 bits per heavy atom. The predicted molar refractivity (Wildman–Crippen MR) is 63.5 cm³/mol. The molecule has 4 atom stereocenters. The first kappa shape index (κ1) is 11.1. The fourth-order valence-electron chi connectivity index (χ4n) is 3.56. The van der Waals surface area contributed by atoms with Crippen LogP contribution in [-0.4, -0.2) is 18.4 Å². The maximum Gasteiger partial charge on any atom is 0.509 e. The summed E-state index contributed by atoms with van der Waals surface area (Å²) in [7, 11) is 0. The van der Waals surface area contributed by atoms with Crippen LogP contribution in [0.25, 0.3) is 0 Å². The summed E-state index contributed by atoms with van der Waals surface area (Å²) in [5, 5.41) is 0. The molecule has 2 fully saturated rings. The molecule has 0 spiro atoms. The lowest BCUT2D eigenvalue weighted by Gasteiger charge is -2.21. The van der Waals surface area contributed by atoms with E-state index in [0.29, 0.717) is 17.8 Å². The number of fused-ring (bicyclic) bond motifs is 3. The molecule has 0 bridgehead atoms. The summed E-state index contributed by atoms with van der Waals surface area (Å²) in [5.41, 5.74) is 1.44. The summed E-state index contributed by atoms with van der Waals surface area (Å²) >= 11 is 0. The minimum absolute atomic E-state index is 0.00231. The topological polar surface area (TPSA) is 35.5 Å². The third-order valence-electron chi connectivity index (χ3n) is 4.50. The molecule has 3 rings (SSSR count). The molecule has 1 saturated carbocycles. The highest BCUT2D eigenvalue weighted by atomic mass is 16.8. The molecule has 3 aliphatic rings. The van der Waals surface area contributed by atoms with Crippen LogP contribution in [-0.2, 0) is 9.47 Å². The molecule has 0 aromatic carbocycles. The lowest BCUT2D eigenvalue weighted by molar-refractivity contribution is 0.0835. The molecule has 0 amide bonds. The van der Waals surface area contributed by atoms with Crippen molar-refractivity contribution in [1.29, 1.82) is 0 Å². The van der Waals surface area contributed by atoms with Gasteiger partial charge in [0.15, 0.2) is 0 Å². The van der Waals surface area contributed by atoms with Gasteiger partial charge in [-0.15, -0.1) is 0 Å². The number of carbonyl (C=O) groups is 1. The van der Waals surface area contributed by atoms with Gasteiger partial charge in [0.25, 0.3) is 0 Å². The molecule has 0 unspecified atom stereocenters. The van der Waals surface area contributed by atoms with E-state index in [-0.39, 0.29) is 12.2 Å². The number of ether oxygens (including phenoxy) is 2. The smallest absolute Gasteiger partial charge is 0.427 e. The van der Waals surface area contributed by atoms with Gasteiger partial charge in [-0.1, -0.05) is 31.9 Å². The Balaban J connectivity index is 1.91. The SMILES string of the molecule is CC(C)C1=C[C@@H]2CCC[C@H]2[C@@H]2OC(=O)O[C@@H]2C1. The third-order valence-corrected chi connectivity index (χ3v) is 4.50. The van der Waals surface area contributed by atoms with Crippen LogP contribution in [0.4, 0.5) is 4.79 Å². The Labute approximate surface area is 102 Å². The third kappa shape index (κ3) is 1.85. The second-order valence-corrected chi connectivity index (χ2v) is 5.85. The Hall–Kier alpha value is -0.990. The molecule has 1 aliphatic heterocycles. The number of allylic oxidation sites excluding steroid dienone is 1. The molecule has 0 aromatic rings. The highest BCUT2D eigenvalue weighted by molar-refractivity contribution is 5.62. The molecule has 1 saturated heterocycles. The Bertz CT molecular complexity index is 358. The predicted octanol–water partition coefficient (Wildman–Crippen LogP) is 3.29. The maximum atomic E-state index is 11.3. The van der Waals surface area contributed by atoms with E-state index in [1.165, 1.54) is 24.8 Å². The first-order valence-electron chi connectivity index (χ1n) is 6.73. The average Bonchev–Trinajstić information content (AvgIpc) is 2.81. The van der Waals surface area contributed by atoms with Gasteiger partial charge in [-0.3, -0.25) is 0 Å². The first-order chi connectivity index (χ1) is 8.15. The van der Waals surface area contributed by atoms with Crippen LogP contribution in [0.15, 0.2) is 11.6 Å². The second-order valence-electron chi connectivity index (χ2n) is 5.85. The highest BCUT2D eigenvalue weighted by Crippen LogP contribution is 2.44. The molecule has 0 radical (unpaired) electrons. The van der Waals surface area contributed by atoms with Gasteiger partial charge in [-0.05, 0) is 24.7 Å². The second kappa shape index (κ2) is 4.04. The zero-order chi connectivity index (χ0) is 12.0. The Kier molecular flexibility index (Phi) is 2.64. The number of rotatable bonds is 1. The van der Waals surface area contributed by atoms with Crippen molar-refractivity contribution in [1.82, 2.24) is 0 Å². The highest BCUT2D eigenvalue weighted by Gasteiger charge is 2.47. The molecular weight excluding hydrogens is 216 g/mol. The summed E-state index contributed by atoms with van der Waals surface area (Å²) in [6, 6.07) is 0. The standard InChI is InChI=1S/C14H20O3/c1-8(2)10-6-9-4-3-5-11(9)13-12(7-10)16-14(15)17-13/h6,8-9,11-13H,3-5,7H2,1-2H3/t9-,11+,12+,13-/m0/s1. The fraction of sp³-hybridized carbons (Fsp3) is 0.786. The monoisotopic (exact) mass is 236 g/mol. The van der Waals surface area contributed by atoms with Gasteiger partial charge in [-0.25, -0.2) is 4.79 Å². The van der Waals surface area contributed by atoms with Gasteiger partial charge >= 0.3 is 6.16 Å². The fourth-order valence-corrected chi connectivity index (χ4v) is 3.56. The van der Waals surface area contributed by atoms with Gasteiger partial charge in [0.1, 0.15) is 12.2 Å². The molecule has 94 valence electrons. The van der Waals surface area contributed by atoms with Gasteiger partial charge in [-0.2, -0.15) is 0 Å². The van der Waals surface area contributed by atoms with Crippen LogP contribution < -0.4 is 0 Å². The van der Waals surface area contributed by atoms with Crippen molar-refractivity contribution in [2.75, 3.05) is 0 Å². The van der Waals surface area contributed by atoms with E-state index in [4.69, 9.17) is 9.47 Å². The van der Waals surface area contributed by atoms with Crippen LogP contribution >= 0.6 is 0 Å². The minimum atomic E-state index is -0.462. The normalized spacial score (nSPS) is 40.2. The van der Waals surface area contributed by atoms with Crippen molar-refractivity contribution in [2.24, 2.45) is 17.8 Å². The van der Waals surface area contributed by atoms with Crippen molar-refractivity contribution >= 4 is 6.16 Å². The van der Waals surface area contributed by atoms with Gasteiger partial charge in [0, 0.05) is 12.3 Å². The Morgan fingerprint density at radius 3 is 2.88 bits per heavy atom. The number of carbonyl (C=O) groups excluding carboxylic acids is 1.